The summed E-state index contributed by atoms with van der Waals surface area (Å²) < 4.78 is 0. The number of rotatable bonds is 4. The zero-order chi connectivity index (χ0) is 12.9. The molecule has 4 heteroatoms. The molecule has 2 atom stereocenters. The van der Waals surface area contributed by atoms with E-state index in [1.165, 1.54) is 51.6 Å². The molecule has 0 bridgehead atoms. The van der Waals surface area contributed by atoms with E-state index < -0.39 is 0 Å². The van der Waals surface area contributed by atoms with E-state index >= 15 is 0 Å². The summed E-state index contributed by atoms with van der Waals surface area (Å²) in [5.41, 5.74) is 0. The maximum atomic E-state index is 4.21. The number of nitrogens with one attached hydrogen (secondary N) is 1. The molecule has 3 heterocycles. The molecular formula is C15H24N4. The zero-order valence-corrected chi connectivity index (χ0v) is 11.6. The summed E-state index contributed by atoms with van der Waals surface area (Å²) in [6, 6.07) is 2.79. The second-order valence-corrected chi connectivity index (χ2v) is 5.81. The van der Waals surface area contributed by atoms with E-state index in [0.29, 0.717) is 0 Å². The second-order valence-electron chi connectivity index (χ2n) is 5.81. The topological polar surface area (TPSA) is 41.0 Å². The van der Waals surface area contributed by atoms with E-state index in [1.807, 2.05) is 6.07 Å². The molecule has 3 rings (SSSR count). The summed E-state index contributed by atoms with van der Waals surface area (Å²) in [6.45, 7) is 3.70. The van der Waals surface area contributed by atoms with Gasteiger partial charge in [-0.15, -0.1) is 0 Å². The molecule has 2 fully saturated rings. The van der Waals surface area contributed by atoms with Crippen molar-refractivity contribution in [2.75, 3.05) is 25.0 Å². The quantitative estimate of drug-likeness (QED) is 0.903. The molecule has 0 amide bonds. The van der Waals surface area contributed by atoms with Crippen LogP contribution in [0.4, 0.5) is 5.82 Å². The second kappa shape index (κ2) is 6.33. The van der Waals surface area contributed by atoms with Crippen LogP contribution in [0.15, 0.2) is 18.6 Å². The predicted molar refractivity (Wildman–Crippen MR) is 77.1 cm³/mol. The summed E-state index contributed by atoms with van der Waals surface area (Å²) in [5, 5.41) is 3.42. The van der Waals surface area contributed by atoms with Crippen molar-refractivity contribution in [3.63, 3.8) is 0 Å². The van der Waals surface area contributed by atoms with Crippen LogP contribution >= 0.6 is 0 Å². The number of nitrogens with zero attached hydrogens (tertiary/aromatic N) is 3. The van der Waals surface area contributed by atoms with Crippen molar-refractivity contribution < 1.29 is 0 Å². The van der Waals surface area contributed by atoms with Gasteiger partial charge in [-0.2, -0.15) is 0 Å². The highest BCUT2D eigenvalue weighted by Crippen LogP contribution is 2.32. The van der Waals surface area contributed by atoms with Gasteiger partial charge in [0.15, 0.2) is 0 Å². The Morgan fingerprint density at radius 1 is 1.21 bits per heavy atom. The lowest BCUT2D eigenvalue weighted by molar-refractivity contribution is 0.0573. The zero-order valence-electron chi connectivity index (χ0n) is 11.6. The number of hydrogen-bond acceptors (Lipinski definition) is 4. The van der Waals surface area contributed by atoms with Gasteiger partial charge < -0.3 is 10.2 Å². The normalized spacial score (nSPS) is 27.8. The van der Waals surface area contributed by atoms with Gasteiger partial charge in [0, 0.05) is 18.8 Å². The third kappa shape index (κ3) is 3.24. The van der Waals surface area contributed by atoms with Gasteiger partial charge in [-0.3, -0.25) is 0 Å². The molecule has 4 nitrogen and oxygen atoms in total. The van der Waals surface area contributed by atoms with Gasteiger partial charge in [0.2, 0.25) is 0 Å². The first kappa shape index (κ1) is 12.9. The molecule has 1 N–H and O–H groups in total. The van der Waals surface area contributed by atoms with Crippen molar-refractivity contribution in [1.82, 2.24) is 14.9 Å². The highest BCUT2D eigenvalue weighted by molar-refractivity contribution is 5.31. The maximum absolute atomic E-state index is 4.21. The van der Waals surface area contributed by atoms with Crippen molar-refractivity contribution >= 4 is 5.82 Å². The molecule has 0 radical (unpaired) electrons. The van der Waals surface area contributed by atoms with Crippen LogP contribution in [0, 0.1) is 5.92 Å². The molecule has 104 valence electrons. The molecule has 19 heavy (non-hydrogen) atoms. The lowest BCUT2D eigenvalue weighted by Crippen LogP contribution is -2.48. The van der Waals surface area contributed by atoms with Crippen LogP contribution < -0.4 is 5.32 Å². The summed E-state index contributed by atoms with van der Waals surface area (Å²) in [7, 11) is 0. The van der Waals surface area contributed by atoms with Gasteiger partial charge in [-0.05, 0) is 57.2 Å². The summed E-state index contributed by atoms with van der Waals surface area (Å²) in [5.74, 6) is 1.83. The molecule has 0 aliphatic carbocycles. The lowest BCUT2D eigenvalue weighted by Gasteiger charge is -2.44. The van der Waals surface area contributed by atoms with Gasteiger partial charge >= 0.3 is 0 Å². The molecular weight excluding hydrogens is 236 g/mol. The van der Waals surface area contributed by atoms with Crippen LogP contribution in [0.25, 0.3) is 0 Å². The minimum absolute atomic E-state index is 0.856. The molecule has 1 aromatic rings. The molecule has 0 saturated carbocycles. The Morgan fingerprint density at radius 2 is 2.16 bits per heavy atom. The van der Waals surface area contributed by atoms with E-state index in [4.69, 9.17) is 0 Å². The minimum Gasteiger partial charge on any atom is -0.370 e. The summed E-state index contributed by atoms with van der Waals surface area (Å²) >= 11 is 0. The Balaban J connectivity index is 1.49. The fraction of sp³-hybridized carbons (Fsp3) is 0.733. The van der Waals surface area contributed by atoms with E-state index in [0.717, 1.165) is 24.3 Å². The fourth-order valence-electron chi connectivity index (χ4n) is 3.69. The van der Waals surface area contributed by atoms with E-state index in [1.54, 1.807) is 12.5 Å². The maximum Gasteiger partial charge on any atom is 0.129 e. The van der Waals surface area contributed by atoms with Gasteiger partial charge in [-0.25, -0.2) is 9.97 Å². The minimum atomic E-state index is 0.856. The Morgan fingerprint density at radius 3 is 3.05 bits per heavy atom. The molecule has 0 aromatic carbocycles. The third-order valence-electron chi connectivity index (χ3n) is 4.63. The number of piperidine rings is 2. The predicted octanol–water partition coefficient (Wildman–Crippen LogP) is 2.54. The van der Waals surface area contributed by atoms with Gasteiger partial charge in [0.05, 0.1) is 0 Å². The Bertz CT molecular complexity index is 379. The SMILES string of the molecule is c1cc(NCC[C@@H]2CCCN3CCCC[C@H]23)ncn1. The van der Waals surface area contributed by atoms with Crippen molar-refractivity contribution in [2.45, 2.75) is 44.6 Å². The number of anilines is 1. The average molecular weight is 260 g/mol. The van der Waals surface area contributed by atoms with Gasteiger partial charge in [0.25, 0.3) is 0 Å². The fourth-order valence-corrected chi connectivity index (χ4v) is 3.69. The highest BCUT2D eigenvalue weighted by Gasteiger charge is 2.32. The average Bonchev–Trinajstić information content (AvgIpc) is 2.49. The molecule has 2 aliphatic rings. The largest absolute Gasteiger partial charge is 0.370 e. The first-order valence-electron chi connectivity index (χ1n) is 7.67. The Labute approximate surface area is 115 Å². The third-order valence-corrected chi connectivity index (χ3v) is 4.63. The van der Waals surface area contributed by atoms with Gasteiger partial charge in [0.1, 0.15) is 12.1 Å². The molecule has 1 aromatic heterocycles. The van der Waals surface area contributed by atoms with Crippen molar-refractivity contribution in [3.8, 4) is 0 Å². The van der Waals surface area contributed by atoms with Crippen molar-refractivity contribution in [3.05, 3.63) is 18.6 Å². The van der Waals surface area contributed by atoms with Crippen LogP contribution in [-0.2, 0) is 0 Å². The van der Waals surface area contributed by atoms with E-state index in [2.05, 4.69) is 20.2 Å². The molecule has 0 spiro atoms. The van der Waals surface area contributed by atoms with Crippen LogP contribution in [0.1, 0.15) is 38.5 Å². The summed E-state index contributed by atoms with van der Waals surface area (Å²) in [4.78, 5) is 10.9. The molecule has 0 unspecified atom stereocenters. The standard InChI is InChI=1S/C15H24N4/c1-2-10-19-11-3-4-13(14(19)5-1)6-9-17-15-7-8-16-12-18-15/h7-8,12-14H,1-6,9-11H2,(H,16,17,18)/t13-,14+/m0/s1. The number of fused-ring (bicyclic) bond motifs is 1. The van der Waals surface area contributed by atoms with Crippen LogP contribution in [0.2, 0.25) is 0 Å². The monoisotopic (exact) mass is 260 g/mol. The van der Waals surface area contributed by atoms with Crippen LogP contribution in [0.3, 0.4) is 0 Å². The Kier molecular flexibility index (Phi) is 4.28. The highest BCUT2D eigenvalue weighted by atomic mass is 15.2. The smallest absolute Gasteiger partial charge is 0.129 e. The first-order valence-corrected chi connectivity index (χ1v) is 7.67. The van der Waals surface area contributed by atoms with Crippen molar-refractivity contribution in [2.24, 2.45) is 5.92 Å². The van der Waals surface area contributed by atoms with E-state index in [9.17, 15) is 0 Å². The van der Waals surface area contributed by atoms with Crippen molar-refractivity contribution in [1.29, 1.82) is 0 Å². The van der Waals surface area contributed by atoms with Gasteiger partial charge in [-0.1, -0.05) is 6.42 Å². The summed E-state index contributed by atoms with van der Waals surface area (Å²) in [6.07, 6.45) is 11.7. The first-order chi connectivity index (χ1) is 9.43. The number of hydrogen-bond donors (Lipinski definition) is 1. The van der Waals surface area contributed by atoms with Crippen LogP contribution in [0.5, 0.6) is 0 Å². The molecule has 2 aliphatic heterocycles. The molecule has 2 saturated heterocycles. The lowest BCUT2D eigenvalue weighted by atomic mass is 9.82. The Hall–Kier alpha value is -1.16. The van der Waals surface area contributed by atoms with E-state index in [-0.39, 0.29) is 0 Å². The number of aromatic nitrogens is 2. The van der Waals surface area contributed by atoms with Crippen LogP contribution in [-0.4, -0.2) is 40.5 Å².